The lowest BCUT2D eigenvalue weighted by atomic mass is 10.2. The molecule has 0 saturated carbocycles. The van der Waals surface area contributed by atoms with Gasteiger partial charge in [-0.3, -0.25) is 4.79 Å². The topological polar surface area (TPSA) is 83.5 Å². The van der Waals surface area contributed by atoms with Gasteiger partial charge in [-0.2, -0.15) is 0 Å². The van der Waals surface area contributed by atoms with Gasteiger partial charge in [-0.15, -0.1) is 0 Å². The Morgan fingerprint density at radius 1 is 1.47 bits per heavy atom. The highest BCUT2D eigenvalue weighted by atomic mass is 32.2. The van der Waals surface area contributed by atoms with Crippen molar-refractivity contribution in [3.63, 3.8) is 0 Å². The van der Waals surface area contributed by atoms with Crippen molar-refractivity contribution >= 4 is 16.0 Å². The zero-order valence-corrected chi connectivity index (χ0v) is 9.92. The zero-order valence-electron chi connectivity index (χ0n) is 9.10. The van der Waals surface area contributed by atoms with Gasteiger partial charge in [0.1, 0.15) is 5.82 Å². The highest BCUT2D eigenvalue weighted by Crippen LogP contribution is 2.15. The molecule has 1 aromatic rings. The van der Waals surface area contributed by atoms with Gasteiger partial charge in [-0.25, -0.2) is 17.5 Å². The average molecular weight is 261 g/mol. The minimum absolute atomic E-state index is 0.178. The van der Waals surface area contributed by atoms with Crippen LogP contribution in [0.25, 0.3) is 0 Å². The number of aryl methyl sites for hydroxylation is 1. The summed E-state index contributed by atoms with van der Waals surface area (Å²) in [4.78, 5) is 10.1. The first kappa shape index (κ1) is 13.6. The highest BCUT2D eigenvalue weighted by molar-refractivity contribution is 7.89. The molecule has 7 heteroatoms. The van der Waals surface area contributed by atoms with Gasteiger partial charge in [0.05, 0.1) is 11.3 Å². The monoisotopic (exact) mass is 261 g/mol. The third kappa shape index (κ3) is 3.79. The zero-order chi connectivity index (χ0) is 13.1. The summed E-state index contributed by atoms with van der Waals surface area (Å²) in [5.74, 6) is -1.77. The number of rotatable bonds is 5. The first-order chi connectivity index (χ1) is 7.83. The van der Waals surface area contributed by atoms with Gasteiger partial charge < -0.3 is 5.11 Å². The van der Waals surface area contributed by atoms with Crippen molar-refractivity contribution in [1.82, 2.24) is 4.72 Å². The molecule has 17 heavy (non-hydrogen) atoms. The molecule has 0 unspecified atom stereocenters. The van der Waals surface area contributed by atoms with Gasteiger partial charge >= 0.3 is 5.97 Å². The maximum atomic E-state index is 12.9. The summed E-state index contributed by atoms with van der Waals surface area (Å²) in [5.41, 5.74) is 0.397. The van der Waals surface area contributed by atoms with E-state index in [1.165, 1.54) is 13.0 Å². The maximum absolute atomic E-state index is 12.9. The third-order valence-electron chi connectivity index (χ3n) is 2.07. The Labute approximate surface area is 98.3 Å². The van der Waals surface area contributed by atoms with E-state index in [1.807, 2.05) is 0 Å². The van der Waals surface area contributed by atoms with Crippen LogP contribution in [-0.4, -0.2) is 26.0 Å². The molecule has 0 bridgehead atoms. The molecule has 0 spiro atoms. The van der Waals surface area contributed by atoms with E-state index in [2.05, 4.69) is 4.72 Å². The Balaban J connectivity index is 2.89. The quantitative estimate of drug-likeness (QED) is 0.824. The number of aliphatic carboxylic acids is 1. The number of sulfonamides is 1. The lowest BCUT2D eigenvalue weighted by Gasteiger charge is -2.08. The summed E-state index contributed by atoms with van der Waals surface area (Å²) in [5, 5.41) is 8.38. The number of carboxylic acids is 1. The van der Waals surface area contributed by atoms with Crippen LogP contribution in [0.2, 0.25) is 0 Å². The normalized spacial score (nSPS) is 11.4. The number of benzene rings is 1. The first-order valence-electron chi connectivity index (χ1n) is 4.80. The van der Waals surface area contributed by atoms with Crippen LogP contribution in [0.3, 0.4) is 0 Å². The molecule has 0 aliphatic heterocycles. The van der Waals surface area contributed by atoms with E-state index in [4.69, 9.17) is 5.11 Å². The Morgan fingerprint density at radius 2 is 2.12 bits per heavy atom. The molecule has 5 nitrogen and oxygen atoms in total. The molecule has 0 amide bonds. The van der Waals surface area contributed by atoms with E-state index in [0.717, 1.165) is 12.1 Å². The second-order valence-electron chi connectivity index (χ2n) is 3.45. The van der Waals surface area contributed by atoms with Crippen molar-refractivity contribution in [1.29, 1.82) is 0 Å². The molecule has 94 valence electrons. The summed E-state index contributed by atoms with van der Waals surface area (Å²) >= 11 is 0. The number of hydrogen-bond acceptors (Lipinski definition) is 3. The lowest BCUT2D eigenvalue weighted by Crippen LogP contribution is -2.27. The van der Waals surface area contributed by atoms with E-state index in [-0.39, 0.29) is 17.9 Å². The van der Waals surface area contributed by atoms with E-state index < -0.39 is 21.8 Å². The molecule has 2 N–H and O–H groups in total. The van der Waals surface area contributed by atoms with E-state index in [1.54, 1.807) is 0 Å². The fourth-order valence-corrected chi connectivity index (χ4v) is 2.52. The van der Waals surface area contributed by atoms with Gasteiger partial charge in [-0.1, -0.05) is 6.07 Å². The van der Waals surface area contributed by atoms with Gasteiger partial charge in [0.15, 0.2) is 0 Å². The molecule has 0 atom stereocenters. The van der Waals surface area contributed by atoms with Crippen molar-refractivity contribution in [2.45, 2.75) is 18.2 Å². The minimum Gasteiger partial charge on any atom is -0.481 e. The van der Waals surface area contributed by atoms with Crippen molar-refractivity contribution in [3.8, 4) is 0 Å². The fraction of sp³-hybridized carbons (Fsp3) is 0.300. The Morgan fingerprint density at radius 3 is 2.71 bits per heavy atom. The summed E-state index contributed by atoms with van der Waals surface area (Å²) in [6, 6.07) is 3.41. The smallest absolute Gasteiger partial charge is 0.304 e. The average Bonchev–Trinajstić information content (AvgIpc) is 2.20. The van der Waals surface area contributed by atoms with Crippen molar-refractivity contribution in [3.05, 3.63) is 29.6 Å². The fourth-order valence-electron chi connectivity index (χ4n) is 1.23. The van der Waals surface area contributed by atoms with Gasteiger partial charge in [0.2, 0.25) is 10.0 Å². The van der Waals surface area contributed by atoms with Gasteiger partial charge in [0, 0.05) is 6.54 Å². The van der Waals surface area contributed by atoms with Crippen LogP contribution in [0, 0.1) is 12.7 Å². The number of carbonyl (C=O) groups is 1. The highest BCUT2D eigenvalue weighted by Gasteiger charge is 2.17. The summed E-state index contributed by atoms with van der Waals surface area (Å²) in [6.45, 7) is 1.30. The second-order valence-corrected chi connectivity index (χ2v) is 5.19. The first-order valence-corrected chi connectivity index (χ1v) is 6.29. The van der Waals surface area contributed by atoms with Crippen LogP contribution in [0.15, 0.2) is 23.1 Å². The van der Waals surface area contributed by atoms with E-state index >= 15 is 0 Å². The van der Waals surface area contributed by atoms with Crippen LogP contribution >= 0.6 is 0 Å². The molecular formula is C10H12FNO4S. The molecule has 0 aromatic heterocycles. The minimum atomic E-state index is -3.86. The Bertz CT molecular complexity index is 527. The van der Waals surface area contributed by atoms with Gasteiger partial charge in [-0.05, 0) is 24.6 Å². The molecule has 0 heterocycles. The molecule has 1 rings (SSSR count). The van der Waals surface area contributed by atoms with Crippen LogP contribution in [0.5, 0.6) is 0 Å². The number of hydrogen-bond donors (Lipinski definition) is 2. The van der Waals surface area contributed by atoms with Crippen LogP contribution < -0.4 is 4.72 Å². The van der Waals surface area contributed by atoms with Crippen LogP contribution in [-0.2, 0) is 14.8 Å². The van der Waals surface area contributed by atoms with Crippen molar-refractivity contribution in [2.24, 2.45) is 0 Å². The maximum Gasteiger partial charge on any atom is 0.304 e. The Hall–Kier alpha value is -1.47. The number of nitrogens with one attached hydrogen (secondary N) is 1. The predicted molar refractivity (Wildman–Crippen MR) is 58.6 cm³/mol. The van der Waals surface area contributed by atoms with Gasteiger partial charge in [0.25, 0.3) is 0 Å². The molecule has 0 aliphatic rings. The summed E-state index contributed by atoms with van der Waals surface area (Å²) < 4.78 is 38.5. The summed E-state index contributed by atoms with van der Waals surface area (Å²) in [7, 11) is -3.86. The molecule has 0 radical (unpaired) electrons. The molecule has 0 saturated heterocycles. The molecular weight excluding hydrogens is 249 g/mol. The van der Waals surface area contributed by atoms with Crippen molar-refractivity contribution < 1.29 is 22.7 Å². The second kappa shape index (κ2) is 5.24. The SMILES string of the molecule is Cc1ccc(F)cc1S(=O)(=O)NCCC(=O)O. The van der Waals surface area contributed by atoms with E-state index in [0.29, 0.717) is 5.56 Å². The molecule has 0 aliphatic carbocycles. The Kier molecular flexibility index (Phi) is 4.19. The largest absolute Gasteiger partial charge is 0.481 e. The summed E-state index contributed by atoms with van der Waals surface area (Å²) in [6.07, 6.45) is -0.326. The molecule has 0 fully saturated rings. The predicted octanol–water partition coefficient (Wildman–Crippen LogP) is 0.887. The third-order valence-corrected chi connectivity index (χ3v) is 3.67. The van der Waals surface area contributed by atoms with E-state index in [9.17, 15) is 17.6 Å². The standard InChI is InChI=1S/C10H12FNO4S/c1-7-2-3-8(11)6-9(7)17(15,16)12-5-4-10(13)14/h2-3,6,12H,4-5H2,1H3,(H,13,14). The molecule has 1 aromatic carbocycles. The number of carboxylic acid groups (broad SMARTS) is 1. The lowest BCUT2D eigenvalue weighted by molar-refractivity contribution is -0.136. The van der Waals surface area contributed by atoms with Crippen LogP contribution in [0.1, 0.15) is 12.0 Å². The van der Waals surface area contributed by atoms with Crippen LogP contribution in [0.4, 0.5) is 4.39 Å². The number of halogens is 1. The van der Waals surface area contributed by atoms with Crippen molar-refractivity contribution in [2.75, 3.05) is 6.54 Å².